The van der Waals surface area contributed by atoms with Crippen molar-refractivity contribution >= 4 is 27.5 Å². The maximum atomic E-state index is 13.7. The van der Waals surface area contributed by atoms with E-state index in [1.54, 1.807) is 36.0 Å². The lowest BCUT2D eigenvalue weighted by Gasteiger charge is -2.33. The number of anilines is 1. The van der Waals surface area contributed by atoms with E-state index in [9.17, 15) is 8.42 Å². The highest BCUT2D eigenvalue weighted by Crippen LogP contribution is 2.42. The van der Waals surface area contributed by atoms with Crippen molar-refractivity contribution in [1.29, 1.82) is 0 Å². The van der Waals surface area contributed by atoms with Gasteiger partial charge in [0.2, 0.25) is 0 Å². The lowest BCUT2D eigenvalue weighted by atomic mass is 10.1. The lowest BCUT2D eigenvalue weighted by Crippen LogP contribution is -2.38. The predicted octanol–water partition coefficient (Wildman–Crippen LogP) is 4.35. The van der Waals surface area contributed by atoms with E-state index in [-0.39, 0.29) is 10.1 Å². The predicted molar refractivity (Wildman–Crippen MR) is 110 cm³/mol. The average molecular weight is 417 g/mol. The molecule has 8 heteroatoms. The smallest absolute Gasteiger partial charge is 0.268 e. The van der Waals surface area contributed by atoms with Gasteiger partial charge in [0.15, 0.2) is 5.76 Å². The normalized spacial score (nSPS) is 16.7. The number of para-hydroxylation sites is 1. The fourth-order valence-corrected chi connectivity index (χ4v) is 6.25. The molecule has 6 nitrogen and oxygen atoms in total. The van der Waals surface area contributed by atoms with E-state index in [1.165, 1.54) is 11.4 Å². The third-order valence-electron chi connectivity index (χ3n) is 4.53. The van der Waals surface area contributed by atoms with E-state index in [1.807, 2.05) is 38.1 Å². The molecule has 0 saturated carbocycles. The van der Waals surface area contributed by atoms with Crippen LogP contribution in [-0.4, -0.2) is 32.5 Å². The molecule has 0 aliphatic carbocycles. The van der Waals surface area contributed by atoms with Crippen molar-refractivity contribution < 1.29 is 17.7 Å². The van der Waals surface area contributed by atoms with Crippen molar-refractivity contribution in [2.24, 2.45) is 0 Å². The van der Waals surface area contributed by atoms with Crippen molar-refractivity contribution in [3.05, 3.63) is 54.2 Å². The van der Waals surface area contributed by atoms with Gasteiger partial charge in [0, 0.05) is 28.3 Å². The number of hydrogen-bond acceptors (Lipinski definition) is 6. The van der Waals surface area contributed by atoms with Gasteiger partial charge < -0.3 is 9.26 Å². The van der Waals surface area contributed by atoms with Gasteiger partial charge in [-0.1, -0.05) is 24.2 Å². The fourth-order valence-electron chi connectivity index (χ4n) is 3.23. The second-order valence-electron chi connectivity index (χ2n) is 6.63. The molecule has 28 heavy (non-hydrogen) atoms. The van der Waals surface area contributed by atoms with Crippen LogP contribution in [-0.2, 0) is 10.0 Å². The van der Waals surface area contributed by atoms with Gasteiger partial charge in [0.25, 0.3) is 10.0 Å². The zero-order valence-corrected chi connectivity index (χ0v) is 17.4. The van der Waals surface area contributed by atoms with Crippen LogP contribution < -0.4 is 9.04 Å². The van der Waals surface area contributed by atoms with Gasteiger partial charge in [0.1, 0.15) is 10.6 Å². The third kappa shape index (κ3) is 3.27. The van der Waals surface area contributed by atoms with Crippen LogP contribution in [0.3, 0.4) is 0 Å². The second kappa shape index (κ2) is 7.18. The maximum Gasteiger partial charge on any atom is 0.268 e. The minimum absolute atomic E-state index is 0.107. The highest BCUT2D eigenvalue weighted by Gasteiger charge is 2.34. The summed E-state index contributed by atoms with van der Waals surface area (Å²) in [6, 6.07) is 14.3. The van der Waals surface area contributed by atoms with Crippen molar-refractivity contribution in [3.63, 3.8) is 0 Å². The number of nitrogens with zero attached hydrogens (tertiary/aromatic N) is 2. The number of hydrogen-bond donors (Lipinski definition) is 0. The first-order chi connectivity index (χ1) is 13.4. The third-order valence-corrected chi connectivity index (χ3v) is 7.48. The summed E-state index contributed by atoms with van der Waals surface area (Å²) < 4.78 is 39.5. The Hall–Kier alpha value is -2.45. The molecular formula is C20H20N2O4S2. The van der Waals surface area contributed by atoms with Crippen LogP contribution in [0.5, 0.6) is 5.75 Å². The van der Waals surface area contributed by atoms with E-state index in [0.29, 0.717) is 29.3 Å². The summed E-state index contributed by atoms with van der Waals surface area (Å²) in [5.41, 5.74) is 2.05. The van der Waals surface area contributed by atoms with Crippen molar-refractivity contribution in [3.8, 4) is 17.1 Å². The van der Waals surface area contributed by atoms with Crippen molar-refractivity contribution in [1.82, 2.24) is 5.16 Å². The molecule has 4 rings (SSSR count). The highest BCUT2D eigenvalue weighted by atomic mass is 32.2. The zero-order chi connectivity index (χ0) is 19.9. The van der Waals surface area contributed by atoms with Crippen LogP contribution in [0.15, 0.2) is 62.8 Å². The largest absolute Gasteiger partial charge is 0.495 e. The second-order valence-corrected chi connectivity index (χ2v) is 9.94. The molecule has 0 bridgehead atoms. The van der Waals surface area contributed by atoms with Gasteiger partial charge in [-0.15, -0.1) is 11.8 Å². The van der Waals surface area contributed by atoms with E-state index < -0.39 is 10.0 Å². The number of aromatic nitrogens is 1. The lowest BCUT2D eigenvalue weighted by molar-refractivity contribution is 0.402. The summed E-state index contributed by atoms with van der Waals surface area (Å²) >= 11 is 1.68. The fraction of sp³-hybridized carbons (Fsp3) is 0.250. The molecule has 0 spiro atoms. The molecule has 1 atom stereocenters. The molecule has 1 aliphatic heterocycles. The standard InChI is InChI=1S/C20H20N2O4S2/c1-13-10-18(26-21-13)15-8-9-17(25-3)20(11-15)28(23,24)22-12-14(2)27-19-7-5-4-6-16(19)22/h4-11,14H,12H2,1-3H3/t14-/m0/s1. The molecule has 0 N–H and O–H groups in total. The van der Waals surface area contributed by atoms with Crippen molar-refractivity contribution in [2.45, 2.75) is 28.9 Å². The molecule has 0 unspecified atom stereocenters. The van der Waals surface area contributed by atoms with Gasteiger partial charge in [-0.05, 0) is 37.3 Å². The molecule has 0 saturated heterocycles. The first kappa shape index (κ1) is 18.9. The minimum Gasteiger partial charge on any atom is -0.495 e. The SMILES string of the molecule is COc1ccc(-c2cc(C)no2)cc1S(=O)(=O)N1C[C@H](C)Sc2ccccc21. The molecule has 3 aromatic rings. The topological polar surface area (TPSA) is 72.6 Å². The number of fused-ring (bicyclic) bond motifs is 1. The number of sulfonamides is 1. The van der Waals surface area contributed by atoms with Crippen LogP contribution in [0.25, 0.3) is 11.3 Å². The maximum absolute atomic E-state index is 13.7. The molecule has 146 valence electrons. The van der Waals surface area contributed by atoms with E-state index in [0.717, 1.165) is 10.6 Å². The number of aryl methyl sites for hydroxylation is 1. The monoisotopic (exact) mass is 416 g/mol. The molecule has 1 aromatic heterocycles. The highest BCUT2D eigenvalue weighted by molar-refractivity contribution is 8.00. The number of benzene rings is 2. The first-order valence-electron chi connectivity index (χ1n) is 8.80. The van der Waals surface area contributed by atoms with Crippen LogP contribution in [0, 0.1) is 6.92 Å². The minimum atomic E-state index is -3.84. The van der Waals surface area contributed by atoms with Crippen LogP contribution >= 0.6 is 11.8 Å². The summed E-state index contributed by atoms with van der Waals surface area (Å²) in [7, 11) is -2.37. The van der Waals surface area contributed by atoms with Crippen molar-refractivity contribution in [2.75, 3.05) is 18.0 Å². The molecule has 0 amide bonds. The Morgan fingerprint density at radius 1 is 1.21 bits per heavy atom. The van der Waals surface area contributed by atoms with Gasteiger partial charge in [-0.25, -0.2) is 8.42 Å². The summed E-state index contributed by atoms with van der Waals surface area (Å²) in [6.45, 7) is 4.23. The summed E-state index contributed by atoms with van der Waals surface area (Å²) in [5, 5.41) is 4.02. The summed E-state index contributed by atoms with van der Waals surface area (Å²) in [4.78, 5) is 1.06. The molecule has 2 heterocycles. The molecule has 0 radical (unpaired) electrons. The number of thioether (sulfide) groups is 1. The first-order valence-corrected chi connectivity index (χ1v) is 11.1. The van der Waals surface area contributed by atoms with Crippen LogP contribution in [0.2, 0.25) is 0 Å². The summed E-state index contributed by atoms with van der Waals surface area (Å²) in [5.74, 6) is 0.808. The molecule has 2 aromatic carbocycles. The molecule has 1 aliphatic rings. The van der Waals surface area contributed by atoms with Gasteiger partial charge in [0.05, 0.1) is 18.5 Å². The number of ether oxygens (including phenoxy) is 1. The zero-order valence-electron chi connectivity index (χ0n) is 15.7. The number of methoxy groups -OCH3 is 1. The van der Waals surface area contributed by atoms with E-state index in [4.69, 9.17) is 9.26 Å². The van der Waals surface area contributed by atoms with Crippen LogP contribution in [0.4, 0.5) is 5.69 Å². The molecular weight excluding hydrogens is 396 g/mol. The Labute approximate surface area is 168 Å². The van der Waals surface area contributed by atoms with Gasteiger partial charge >= 0.3 is 0 Å². The Balaban J connectivity index is 1.85. The average Bonchev–Trinajstić information content (AvgIpc) is 3.13. The van der Waals surface area contributed by atoms with E-state index >= 15 is 0 Å². The quantitative estimate of drug-likeness (QED) is 0.630. The Bertz CT molecular complexity index is 1120. The van der Waals surface area contributed by atoms with Gasteiger partial charge in [-0.2, -0.15) is 0 Å². The Morgan fingerprint density at radius 3 is 2.71 bits per heavy atom. The number of rotatable bonds is 4. The molecule has 0 fully saturated rings. The van der Waals surface area contributed by atoms with Crippen LogP contribution in [0.1, 0.15) is 12.6 Å². The van der Waals surface area contributed by atoms with Gasteiger partial charge in [-0.3, -0.25) is 4.31 Å². The summed E-state index contributed by atoms with van der Waals surface area (Å²) in [6.07, 6.45) is 0. The Kier molecular flexibility index (Phi) is 4.84. The Morgan fingerprint density at radius 2 is 2.00 bits per heavy atom. The van der Waals surface area contributed by atoms with E-state index in [2.05, 4.69) is 5.16 Å².